The van der Waals surface area contributed by atoms with E-state index in [0.29, 0.717) is 0 Å². The number of hydrogen-bond acceptors (Lipinski definition) is 5. The molecule has 2 aromatic rings. The summed E-state index contributed by atoms with van der Waals surface area (Å²) >= 11 is 3.31. The van der Waals surface area contributed by atoms with Gasteiger partial charge in [0.25, 0.3) is 0 Å². The van der Waals surface area contributed by atoms with Crippen molar-refractivity contribution in [3.05, 3.63) is 18.2 Å². The number of thiazole rings is 1. The highest BCUT2D eigenvalue weighted by Gasteiger charge is 2.20. The van der Waals surface area contributed by atoms with Crippen molar-refractivity contribution in [3.8, 4) is 0 Å². The van der Waals surface area contributed by atoms with Gasteiger partial charge in [-0.25, -0.2) is 4.98 Å². The first kappa shape index (κ1) is 13.9. The lowest BCUT2D eigenvalue weighted by atomic mass is 9.99. The molecule has 20 heavy (non-hydrogen) atoms. The topological polar surface area (TPSA) is 54.0 Å². The van der Waals surface area contributed by atoms with Gasteiger partial charge < -0.3 is 10.6 Å². The number of thioether (sulfide) groups is 1. The van der Waals surface area contributed by atoms with E-state index in [1.165, 1.54) is 0 Å². The normalized spacial score (nSPS) is 19.1. The first-order valence-electron chi connectivity index (χ1n) is 6.72. The standard InChI is InChI=1S/C14H17N3OS2/c1-19-14-17-11-5-4-10(7-12(11)20-14)16-13(18)9-3-2-6-15-8-9/h4-5,7,9,15H,2-3,6,8H2,1H3,(H,16,18). The second kappa shape index (κ2) is 6.11. The number of amides is 1. The number of piperidine rings is 1. The number of carbonyl (C=O) groups excluding carboxylic acids is 1. The van der Waals surface area contributed by atoms with Gasteiger partial charge in [0.15, 0.2) is 4.34 Å². The lowest BCUT2D eigenvalue weighted by Gasteiger charge is -2.21. The molecule has 1 amide bonds. The largest absolute Gasteiger partial charge is 0.326 e. The van der Waals surface area contributed by atoms with Crippen LogP contribution >= 0.6 is 23.1 Å². The predicted octanol–water partition coefficient (Wildman–Crippen LogP) is 2.96. The van der Waals surface area contributed by atoms with E-state index < -0.39 is 0 Å². The predicted molar refractivity (Wildman–Crippen MR) is 85.6 cm³/mol. The molecule has 0 spiro atoms. The average molecular weight is 307 g/mol. The van der Waals surface area contributed by atoms with Crippen molar-refractivity contribution in [3.63, 3.8) is 0 Å². The zero-order chi connectivity index (χ0) is 13.9. The molecule has 106 valence electrons. The molecule has 1 aromatic carbocycles. The van der Waals surface area contributed by atoms with E-state index in [1.54, 1.807) is 23.1 Å². The molecule has 1 aliphatic heterocycles. The van der Waals surface area contributed by atoms with Gasteiger partial charge in [-0.05, 0) is 43.8 Å². The maximum Gasteiger partial charge on any atom is 0.228 e. The lowest BCUT2D eigenvalue weighted by Crippen LogP contribution is -2.37. The Bertz CT molecular complexity index is 620. The molecule has 1 saturated heterocycles. The summed E-state index contributed by atoms with van der Waals surface area (Å²) in [6, 6.07) is 5.92. The quantitative estimate of drug-likeness (QED) is 0.856. The maximum absolute atomic E-state index is 12.2. The van der Waals surface area contributed by atoms with Crippen LogP contribution in [0.15, 0.2) is 22.5 Å². The van der Waals surface area contributed by atoms with Gasteiger partial charge in [-0.2, -0.15) is 0 Å². The summed E-state index contributed by atoms with van der Waals surface area (Å²) in [6.45, 7) is 1.80. The summed E-state index contributed by atoms with van der Waals surface area (Å²) in [4.78, 5) is 16.7. The number of nitrogens with one attached hydrogen (secondary N) is 2. The Labute approximate surface area is 126 Å². The molecule has 3 rings (SSSR count). The minimum Gasteiger partial charge on any atom is -0.326 e. The molecule has 2 heterocycles. The number of nitrogens with zero attached hydrogens (tertiary/aromatic N) is 1. The Kier molecular flexibility index (Phi) is 4.24. The monoisotopic (exact) mass is 307 g/mol. The molecular formula is C14H17N3OS2. The smallest absolute Gasteiger partial charge is 0.228 e. The van der Waals surface area contributed by atoms with E-state index in [9.17, 15) is 4.79 Å². The highest BCUT2D eigenvalue weighted by molar-refractivity contribution is 8.00. The van der Waals surface area contributed by atoms with Crippen LogP contribution in [0.3, 0.4) is 0 Å². The number of aromatic nitrogens is 1. The van der Waals surface area contributed by atoms with Crippen LogP contribution in [-0.4, -0.2) is 30.2 Å². The molecule has 1 aromatic heterocycles. The van der Waals surface area contributed by atoms with Crippen LogP contribution in [-0.2, 0) is 4.79 Å². The van der Waals surface area contributed by atoms with E-state index in [4.69, 9.17) is 0 Å². The molecule has 6 heteroatoms. The van der Waals surface area contributed by atoms with Crippen molar-refractivity contribution in [2.75, 3.05) is 24.7 Å². The van der Waals surface area contributed by atoms with Gasteiger partial charge in [0.05, 0.1) is 16.1 Å². The molecule has 0 saturated carbocycles. The number of anilines is 1. The zero-order valence-corrected chi connectivity index (χ0v) is 12.9. The van der Waals surface area contributed by atoms with E-state index in [-0.39, 0.29) is 11.8 Å². The van der Waals surface area contributed by atoms with Crippen molar-refractivity contribution >= 4 is 44.9 Å². The molecular weight excluding hydrogens is 290 g/mol. The molecule has 2 N–H and O–H groups in total. The fourth-order valence-corrected chi connectivity index (χ4v) is 3.92. The second-order valence-corrected chi connectivity index (χ2v) is 6.98. The number of carbonyl (C=O) groups is 1. The van der Waals surface area contributed by atoms with Crippen molar-refractivity contribution in [1.29, 1.82) is 0 Å². The number of fused-ring (bicyclic) bond motifs is 1. The van der Waals surface area contributed by atoms with E-state index in [2.05, 4.69) is 15.6 Å². The van der Waals surface area contributed by atoms with Crippen LogP contribution in [0.25, 0.3) is 10.2 Å². The van der Waals surface area contributed by atoms with Crippen LogP contribution in [0.4, 0.5) is 5.69 Å². The Morgan fingerprint density at radius 3 is 3.20 bits per heavy atom. The summed E-state index contributed by atoms with van der Waals surface area (Å²) in [5.74, 6) is 0.203. The Hall–Kier alpha value is -1.11. The summed E-state index contributed by atoms with van der Waals surface area (Å²) < 4.78 is 2.17. The summed E-state index contributed by atoms with van der Waals surface area (Å²) in [7, 11) is 0. The Morgan fingerprint density at radius 2 is 2.45 bits per heavy atom. The third-order valence-electron chi connectivity index (χ3n) is 3.48. The van der Waals surface area contributed by atoms with Gasteiger partial charge in [0.2, 0.25) is 5.91 Å². The van der Waals surface area contributed by atoms with Gasteiger partial charge in [-0.1, -0.05) is 11.8 Å². The number of rotatable bonds is 3. The van der Waals surface area contributed by atoms with Crippen molar-refractivity contribution < 1.29 is 4.79 Å². The van der Waals surface area contributed by atoms with Gasteiger partial charge in [-0.15, -0.1) is 11.3 Å². The van der Waals surface area contributed by atoms with Gasteiger partial charge in [0.1, 0.15) is 0 Å². The molecule has 1 fully saturated rings. The highest BCUT2D eigenvalue weighted by atomic mass is 32.2. The third-order valence-corrected chi connectivity index (χ3v) is 5.48. The summed E-state index contributed by atoms with van der Waals surface area (Å²) in [5, 5.41) is 6.29. The molecule has 1 unspecified atom stereocenters. The van der Waals surface area contributed by atoms with Crippen LogP contribution in [0.5, 0.6) is 0 Å². The highest BCUT2D eigenvalue weighted by Crippen LogP contribution is 2.30. The third kappa shape index (κ3) is 2.97. The van der Waals surface area contributed by atoms with E-state index in [1.807, 2.05) is 24.5 Å². The Morgan fingerprint density at radius 1 is 1.55 bits per heavy atom. The fourth-order valence-electron chi connectivity index (χ4n) is 2.39. The number of hydrogen-bond donors (Lipinski definition) is 2. The van der Waals surface area contributed by atoms with Crippen LogP contribution < -0.4 is 10.6 Å². The average Bonchev–Trinajstić information content (AvgIpc) is 2.90. The minimum atomic E-state index is 0.0858. The van der Waals surface area contributed by atoms with Crippen molar-refractivity contribution in [1.82, 2.24) is 10.3 Å². The number of benzene rings is 1. The minimum absolute atomic E-state index is 0.0858. The van der Waals surface area contributed by atoms with E-state index in [0.717, 1.165) is 46.2 Å². The summed E-state index contributed by atoms with van der Waals surface area (Å²) in [6.07, 6.45) is 4.07. The summed E-state index contributed by atoms with van der Waals surface area (Å²) in [5.41, 5.74) is 1.86. The molecule has 0 aliphatic carbocycles. The van der Waals surface area contributed by atoms with Crippen LogP contribution in [0.1, 0.15) is 12.8 Å². The van der Waals surface area contributed by atoms with Gasteiger partial charge >= 0.3 is 0 Å². The van der Waals surface area contributed by atoms with Crippen molar-refractivity contribution in [2.24, 2.45) is 5.92 Å². The fraction of sp³-hybridized carbons (Fsp3) is 0.429. The molecule has 0 radical (unpaired) electrons. The second-order valence-electron chi connectivity index (χ2n) is 4.90. The van der Waals surface area contributed by atoms with E-state index >= 15 is 0 Å². The van der Waals surface area contributed by atoms with Gasteiger partial charge in [-0.3, -0.25) is 4.79 Å². The first-order chi connectivity index (χ1) is 9.76. The molecule has 1 aliphatic rings. The van der Waals surface area contributed by atoms with Crippen LogP contribution in [0.2, 0.25) is 0 Å². The van der Waals surface area contributed by atoms with Crippen LogP contribution in [0, 0.1) is 5.92 Å². The molecule has 0 bridgehead atoms. The molecule has 1 atom stereocenters. The Balaban J connectivity index is 1.74. The maximum atomic E-state index is 12.2. The molecule has 4 nitrogen and oxygen atoms in total. The SMILES string of the molecule is CSc1nc2ccc(NC(=O)C3CCCNC3)cc2s1. The lowest BCUT2D eigenvalue weighted by molar-refractivity contribution is -0.120. The zero-order valence-electron chi connectivity index (χ0n) is 11.3. The first-order valence-corrected chi connectivity index (χ1v) is 8.76. The van der Waals surface area contributed by atoms with Gasteiger partial charge in [0, 0.05) is 12.2 Å². The van der Waals surface area contributed by atoms with Crippen molar-refractivity contribution in [2.45, 2.75) is 17.2 Å².